The number of rotatable bonds is 10. The van der Waals surface area contributed by atoms with Crippen LogP contribution in [0.4, 0.5) is 0 Å². The minimum atomic E-state index is -4.20. The van der Waals surface area contributed by atoms with E-state index in [4.69, 9.17) is 13.1 Å². The van der Waals surface area contributed by atoms with Crippen LogP contribution in [-0.4, -0.2) is 16.8 Å². The third-order valence-corrected chi connectivity index (χ3v) is 11.4. The highest BCUT2D eigenvalue weighted by atomic mass is 32.2. The second kappa shape index (κ2) is 15.0. The van der Waals surface area contributed by atoms with Gasteiger partial charge in [-0.15, -0.1) is 0 Å². The van der Waals surface area contributed by atoms with Gasteiger partial charge in [-0.25, -0.2) is 0 Å². The van der Waals surface area contributed by atoms with Crippen molar-refractivity contribution in [1.29, 1.82) is 0 Å². The molecule has 0 amide bonds. The van der Waals surface area contributed by atoms with Crippen molar-refractivity contribution in [1.82, 2.24) is 0 Å². The van der Waals surface area contributed by atoms with Gasteiger partial charge in [-0.05, 0) is 94.1 Å². The molecule has 0 unspecified atom stereocenters. The fourth-order valence-electron chi connectivity index (χ4n) is 6.33. The number of hydrogen-bond donors (Lipinski definition) is 0. The van der Waals surface area contributed by atoms with Gasteiger partial charge >= 0.3 is 20.2 Å². The molecule has 0 atom stereocenters. The molecule has 0 fully saturated rings. The van der Waals surface area contributed by atoms with Gasteiger partial charge in [0.25, 0.3) is 0 Å². The van der Waals surface area contributed by atoms with Crippen molar-refractivity contribution in [3.63, 3.8) is 0 Å². The molecule has 2 aliphatic rings. The molecular formula is C46H32O7S2. The Morgan fingerprint density at radius 2 is 0.836 bits per heavy atom. The molecule has 0 radical (unpaired) electrons. The average Bonchev–Trinajstić information content (AvgIpc) is 3.52. The van der Waals surface area contributed by atoms with Gasteiger partial charge < -0.3 is 13.1 Å². The first-order valence-corrected chi connectivity index (χ1v) is 20.1. The molecule has 1 aliphatic heterocycles. The summed E-state index contributed by atoms with van der Waals surface area (Å²) in [7, 11) is -8.41. The van der Waals surface area contributed by atoms with E-state index in [1.54, 1.807) is 84.9 Å². The maximum Gasteiger partial charge on any atom is 0.339 e. The standard InChI is InChI=1S/C46H32O7S2/c47-54(48,52-36-20-9-3-10-21-36)38-25-27-41-42-28-26-39(55(49,50)53-37-22-11-4-12-23-37)32-44(42)40(43(41)31-38)24-14-13-15-33-29-45(34-16-5-1-6-17-34)51-46(30-33)35-18-7-2-8-19-35/h1-32H/b14-13+. The molecule has 0 spiro atoms. The molecule has 6 aromatic rings. The fourth-order valence-corrected chi connectivity index (χ4v) is 8.24. The third-order valence-electron chi connectivity index (χ3n) is 8.92. The van der Waals surface area contributed by atoms with Crippen LogP contribution in [0.5, 0.6) is 11.5 Å². The molecule has 0 bridgehead atoms. The minimum absolute atomic E-state index is 0.0421. The van der Waals surface area contributed by atoms with Crippen LogP contribution in [0.25, 0.3) is 28.2 Å². The number of fused-ring (bicyclic) bond motifs is 3. The van der Waals surface area contributed by atoms with Gasteiger partial charge in [-0.1, -0.05) is 133 Å². The molecule has 0 aromatic heterocycles. The lowest BCUT2D eigenvalue weighted by molar-refractivity contribution is 0.467. The molecule has 0 N–H and O–H groups in total. The van der Waals surface area contributed by atoms with Crippen LogP contribution in [0.3, 0.4) is 0 Å². The molecule has 8 rings (SSSR count). The smallest absolute Gasteiger partial charge is 0.339 e. The van der Waals surface area contributed by atoms with E-state index in [9.17, 15) is 16.8 Å². The third kappa shape index (κ3) is 7.70. The highest BCUT2D eigenvalue weighted by Crippen LogP contribution is 2.46. The summed E-state index contributed by atoms with van der Waals surface area (Å²) in [5, 5.41) is 0. The lowest BCUT2D eigenvalue weighted by Gasteiger charge is -2.18. The largest absolute Gasteiger partial charge is 0.456 e. The summed E-state index contributed by atoms with van der Waals surface area (Å²) in [6.45, 7) is 0. The summed E-state index contributed by atoms with van der Waals surface area (Å²) in [5.74, 6) is 1.79. The van der Waals surface area contributed by atoms with Gasteiger partial charge in [-0.3, -0.25) is 0 Å². The van der Waals surface area contributed by atoms with Gasteiger partial charge in [0.2, 0.25) is 0 Å². The lowest BCUT2D eigenvalue weighted by atomic mass is 10.0. The fraction of sp³-hybridized carbons (Fsp3) is 0. The van der Waals surface area contributed by atoms with Crippen LogP contribution in [0.15, 0.2) is 210 Å². The summed E-state index contributed by atoms with van der Waals surface area (Å²) in [5.41, 5.74) is 6.09. The minimum Gasteiger partial charge on any atom is -0.456 e. The zero-order chi connectivity index (χ0) is 37.8. The lowest BCUT2D eigenvalue weighted by Crippen LogP contribution is -2.10. The molecule has 0 saturated carbocycles. The van der Waals surface area contributed by atoms with Crippen LogP contribution in [0.1, 0.15) is 22.3 Å². The molecule has 1 aliphatic carbocycles. The van der Waals surface area contributed by atoms with Crippen LogP contribution >= 0.6 is 0 Å². The van der Waals surface area contributed by atoms with Crippen molar-refractivity contribution in [2.75, 3.05) is 0 Å². The molecule has 6 aromatic carbocycles. The number of benzene rings is 6. The second-order valence-electron chi connectivity index (χ2n) is 12.6. The summed E-state index contributed by atoms with van der Waals surface area (Å²) in [6, 6.07) is 45.8. The number of allylic oxidation sites excluding steroid dienone is 7. The highest BCUT2D eigenvalue weighted by Gasteiger charge is 2.29. The predicted octanol–water partition coefficient (Wildman–Crippen LogP) is 10.2. The molecule has 1 heterocycles. The van der Waals surface area contributed by atoms with Gasteiger partial charge in [0.05, 0.1) is 0 Å². The highest BCUT2D eigenvalue weighted by molar-refractivity contribution is 7.87. The molecule has 7 nitrogen and oxygen atoms in total. The van der Waals surface area contributed by atoms with Crippen molar-refractivity contribution < 1.29 is 29.9 Å². The molecule has 9 heteroatoms. The van der Waals surface area contributed by atoms with Crippen molar-refractivity contribution in [2.24, 2.45) is 0 Å². The van der Waals surface area contributed by atoms with E-state index in [0.717, 1.165) is 27.8 Å². The van der Waals surface area contributed by atoms with E-state index < -0.39 is 20.2 Å². The molecular weight excluding hydrogens is 729 g/mol. The Balaban J connectivity index is 1.19. The molecule has 0 saturated heterocycles. The van der Waals surface area contributed by atoms with Gasteiger partial charge in [-0.2, -0.15) is 16.8 Å². The topological polar surface area (TPSA) is 96.0 Å². The Labute approximate surface area is 320 Å². The Bertz CT molecular complexity index is 2590. The maximum absolute atomic E-state index is 13.5. The van der Waals surface area contributed by atoms with Crippen LogP contribution in [-0.2, 0) is 25.0 Å². The van der Waals surface area contributed by atoms with Crippen molar-refractivity contribution in [2.45, 2.75) is 9.79 Å². The Kier molecular flexibility index (Phi) is 9.63. The van der Waals surface area contributed by atoms with E-state index in [1.165, 1.54) is 12.1 Å². The number of ether oxygens (including phenoxy) is 1. The summed E-state index contributed by atoms with van der Waals surface area (Å²) in [6.07, 6.45) is 11.4. The predicted molar refractivity (Wildman–Crippen MR) is 215 cm³/mol. The molecule has 55 heavy (non-hydrogen) atoms. The van der Waals surface area contributed by atoms with E-state index in [2.05, 4.69) is 0 Å². The first kappa shape index (κ1) is 35.4. The van der Waals surface area contributed by atoms with Gasteiger partial charge in [0.15, 0.2) is 0 Å². The van der Waals surface area contributed by atoms with E-state index in [0.29, 0.717) is 28.2 Å². The zero-order valence-electron chi connectivity index (χ0n) is 29.1. The van der Waals surface area contributed by atoms with E-state index in [1.807, 2.05) is 97.1 Å². The first-order valence-electron chi connectivity index (χ1n) is 17.3. The Morgan fingerprint density at radius 1 is 0.436 bits per heavy atom. The number of hydrogen-bond acceptors (Lipinski definition) is 7. The average molecular weight is 761 g/mol. The SMILES string of the molecule is O=S(=O)(Oc1ccccc1)c1ccc2c(c1)C(=C/C=C/C=C1C=C(c3ccccc3)OC(c3ccccc3)=C1)c1cc(S(=O)(=O)Oc3ccccc3)ccc1-2. The molecule has 270 valence electrons. The summed E-state index contributed by atoms with van der Waals surface area (Å²) in [4.78, 5) is -0.0842. The van der Waals surface area contributed by atoms with Crippen molar-refractivity contribution in [3.05, 3.63) is 222 Å². The van der Waals surface area contributed by atoms with E-state index >= 15 is 0 Å². The van der Waals surface area contributed by atoms with Gasteiger partial charge in [0, 0.05) is 11.1 Å². The monoisotopic (exact) mass is 760 g/mol. The van der Waals surface area contributed by atoms with Crippen LogP contribution in [0.2, 0.25) is 0 Å². The maximum atomic E-state index is 13.5. The normalized spacial score (nSPS) is 13.6. The Hall–Kier alpha value is -6.68. The summed E-state index contributed by atoms with van der Waals surface area (Å²) >= 11 is 0. The Morgan fingerprint density at radius 3 is 1.27 bits per heavy atom. The van der Waals surface area contributed by atoms with Gasteiger partial charge in [0.1, 0.15) is 32.8 Å². The van der Waals surface area contributed by atoms with E-state index in [-0.39, 0.29) is 21.3 Å². The quantitative estimate of drug-likeness (QED) is 0.128. The van der Waals surface area contributed by atoms with Crippen molar-refractivity contribution >= 4 is 37.3 Å². The number of para-hydroxylation sites is 2. The summed E-state index contributed by atoms with van der Waals surface area (Å²) < 4.78 is 71.0. The van der Waals surface area contributed by atoms with Crippen LogP contribution < -0.4 is 8.37 Å². The first-order chi connectivity index (χ1) is 26.7. The zero-order valence-corrected chi connectivity index (χ0v) is 30.8. The second-order valence-corrected chi connectivity index (χ2v) is 15.7. The van der Waals surface area contributed by atoms with Crippen molar-refractivity contribution in [3.8, 4) is 22.6 Å². The van der Waals surface area contributed by atoms with Crippen LogP contribution in [0, 0.1) is 0 Å².